The van der Waals surface area contributed by atoms with Gasteiger partial charge in [0.15, 0.2) is 0 Å². The maximum absolute atomic E-state index is 11.7. The van der Waals surface area contributed by atoms with Crippen molar-refractivity contribution in [3.8, 4) is 0 Å². The van der Waals surface area contributed by atoms with Gasteiger partial charge >= 0.3 is 0 Å². The molecule has 1 fully saturated rings. The van der Waals surface area contributed by atoms with Crippen molar-refractivity contribution in [1.82, 2.24) is 15.4 Å². The van der Waals surface area contributed by atoms with Gasteiger partial charge in [-0.3, -0.25) is 15.0 Å². The molecule has 2 N–H and O–H groups in total. The molecule has 1 aliphatic heterocycles. The normalized spacial score (nSPS) is 21.4. The maximum atomic E-state index is 11.7. The number of hydrogen-bond donors (Lipinski definition) is 2. The van der Waals surface area contributed by atoms with Crippen LogP contribution < -0.4 is 10.6 Å². The summed E-state index contributed by atoms with van der Waals surface area (Å²) in [5, 5.41) is 9.75. The van der Waals surface area contributed by atoms with Crippen molar-refractivity contribution in [2.24, 2.45) is 0 Å². The number of carbonyl (C=O) groups is 1. The Morgan fingerprint density at radius 1 is 1.76 bits per heavy atom. The predicted molar refractivity (Wildman–Crippen MR) is 63.8 cm³/mol. The van der Waals surface area contributed by atoms with Gasteiger partial charge in [0.05, 0.1) is 12.2 Å². The molecule has 6 nitrogen and oxygen atoms in total. The van der Waals surface area contributed by atoms with Crippen LogP contribution in [-0.4, -0.2) is 48.2 Å². The van der Waals surface area contributed by atoms with E-state index in [1.54, 1.807) is 6.07 Å². The molecule has 94 valence electrons. The lowest BCUT2D eigenvalue weighted by Crippen LogP contribution is -2.51. The molecule has 0 saturated carbocycles. The summed E-state index contributed by atoms with van der Waals surface area (Å²) in [5.41, 5.74) is 0.760. The minimum atomic E-state index is -0.0600. The first-order chi connectivity index (χ1) is 8.13. The summed E-state index contributed by atoms with van der Waals surface area (Å²) in [6.07, 6.45) is 0. The van der Waals surface area contributed by atoms with Crippen molar-refractivity contribution in [3.05, 3.63) is 11.8 Å². The number of amides is 1. The number of anilines is 1. The molecule has 17 heavy (non-hydrogen) atoms. The van der Waals surface area contributed by atoms with E-state index >= 15 is 0 Å². The first-order valence-electron chi connectivity index (χ1n) is 5.82. The fourth-order valence-corrected chi connectivity index (χ4v) is 1.96. The standard InChI is InChI=1S/C11H18N4O2/c1-8-5-11(17-14-8)13-10(16)7-15-4-3-12-9(2)6-15/h5,9,12H,3-4,6-7H2,1-2H3,(H,13,16)/t9-/m1/s1. The van der Waals surface area contributed by atoms with Gasteiger partial charge in [0.2, 0.25) is 11.8 Å². The number of carbonyl (C=O) groups excluding carboxylic acids is 1. The second kappa shape index (κ2) is 5.29. The summed E-state index contributed by atoms with van der Waals surface area (Å²) in [5.74, 6) is 0.353. The molecule has 2 rings (SSSR count). The number of hydrogen-bond acceptors (Lipinski definition) is 5. The Hall–Kier alpha value is -1.40. The van der Waals surface area contributed by atoms with Gasteiger partial charge in [0, 0.05) is 31.7 Å². The van der Waals surface area contributed by atoms with E-state index in [0.29, 0.717) is 18.5 Å². The summed E-state index contributed by atoms with van der Waals surface area (Å²) in [7, 11) is 0. The van der Waals surface area contributed by atoms with Gasteiger partial charge in [0.25, 0.3) is 0 Å². The largest absolute Gasteiger partial charge is 0.338 e. The first kappa shape index (κ1) is 12.1. The van der Waals surface area contributed by atoms with E-state index in [1.807, 2.05) is 6.92 Å². The van der Waals surface area contributed by atoms with E-state index in [4.69, 9.17) is 4.52 Å². The average molecular weight is 238 g/mol. The molecule has 0 radical (unpaired) electrons. The molecular formula is C11H18N4O2. The van der Waals surface area contributed by atoms with E-state index < -0.39 is 0 Å². The third kappa shape index (κ3) is 3.54. The molecule has 1 saturated heterocycles. The Bertz CT molecular complexity index is 391. The molecule has 1 atom stereocenters. The molecule has 0 unspecified atom stereocenters. The van der Waals surface area contributed by atoms with Crippen LogP contribution in [0, 0.1) is 6.92 Å². The third-order valence-corrected chi connectivity index (χ3v) is 2.71. The number of aromatic nitrogens is 1. The van der Waals surface area contributed by atoms with E-state index in [9.17, 15) is 4.79 Å². The van der Waals surface area contributed by atoms with E-state index in [1.165, 1.54) is 0 Å². The van der Waals surface area contributed by atoms with Crippen LogP contribution in [0.2, 0.25) is 0 Å². The van der Waals surface area contributed by atoms with Gasteiger partial charge < -0.3 is 9.84 Å². The molecular weight excluding hydrogens is 220 g/mol. The van der Waals surface area contributed by atoms with Crippen LogP contribution in [0.15, 0.2) is 10.6 Å². The highest BCUT2D eigenvalue weighted by molar-refractivity contribution is 5.90. The minimum absolute atomic E-state index is 0.0600. The van der Waals surface area contributed by atoms with Gasteiger partial charge in [-0.1, -0.05) is 5.16 Å². The van der Waals surface area contributed by atoms with Crippen LogP contribution in [0.1, 0.15) is 12.6 Å². The fraction of sp³-hybridized carbons (Fsp3) is 0.636. The number of nitrogens with one attached hydrogen (secondary N) is 2. The monoisotopic (exact) mass is 238 g/mol. The highest BCUT2D eigenvalue weighted by atomic mass is 16.5. The summed E-state index contributed by atoms with van der Waals surface area (Å²) >= 11 is 0. The molecule has 6 heteroatoms. The van der Waals surface area contributed by atoms with Crippen molar-refractivity contribution in [2.45, 2.75) is 19.9 Å². The van der Waals surface area contributed by atoms with Crippen molar-refractivity contribution < 1.29 is 9.32 Å². The molecule has 1 aromatic rings. The quantitative estimate of drug-likeness (QED) is 0.788. The van der Waals surface area contributed by atoms with Gasteiger partial charge in [-0.15, -0.1) is 0 Å². The topological polar surface area (TPSA) is 70.4 Å². The number of aryl methyl sites for hydroxylation is 1. The van der Waals surface area contributed by atoms with Crippen molar-refractivity contribution in [2.75, 3.05) is 31.5 Å². The lowest BCUT2D eigenvalue weighted by molar-refractivity contribution is -0.117. The summed E-state index contributed by atoms with van der Waals surface area (Å²) in [6, 6.07) is 2.14. The van der Waals surface area contributed by atoms with E-state index in [-0.39, 0.29) is 5.91 Å². The smallest absolute Gasteiger partial charge is 0.240 e. The highest BCUT2D eigenvalue weighted by Gasteiger charge is 2.18. The second-order valence-corrected chi connectivity index (χ2v) is 4.47. The molecule has 1 amide bonds. The van der Waals surface area contributed by atoms with Crippen molar-refractivity contribution in [1.29, 1.82) is 0 Å². The van der Waals surface area contributed by atoms with Crippen LogP contribution in [-0.2, 0) is 4.79 Å². The number of piperazine rings is 1. The Kier molecular flexibility index (Phi) is 3.75. The molecule has 0 bridgehead atoms. The Balaban J connectivity index is 1.80. The molecule has 0 aromatic carbocycles. The number of nitrogens with zero attached hydrogens (tertiary/aromatic N) is 2. The highest BCUT2D eigenvalue weighted by Crippen LogP contribution is 2.08. The molecule has 1 aliphatic rings. The zero-order valence-corrected chi connectivity index (χ0v) is 10.2. The van der Waals surface area contributed by atoms with Gasteiger partial charge in [0.1, 0.15) is 0 Å². The molecule has 0 spiro atoms. The van der Waals surface area contributed by atoms with Crippen LogP contribution in [0.5, 0.6) is 0 Å². The van der Waals surface area contributed by atoms with Crippen molar-refractivity contribution >= 4 is 11.8 Å². The van der Waals surface area contributed by atoms with Crippen molar-refractivity contribution in [3.63, 3.8) is 0 Å². The maximum Gasteiger partial charge on any atom is 0.240 e. The summed E-state index contributed by atoms with van der Waals surface area (Å²) < 4.78 is 4.93. The average Bonchev–Trinajstić information content (AvgIpc) is 2.63. The van der Waals surface area contributed by atoms with Crippen LogP contribution in [0.4, 0.5) is 5.88 Å². The molecule has 0 aliphatic carbocycles. The first-order valence-corrected chi connectivity index (χ1v) is 5.82. The van der Waals surface area contributed by atoms with Crippen LogP contribution in [0.3, 0.4) is 0 Å². The lowest BCUT2D eigenvalue weighted by atomic mass is 10.2. The zero-order chi connectivity index (χ0) is 12.3. The molecule has 2 heterocycles. The Labute approximate surface area is 100 Å². The van der Waals surface area contributed by atoms with Gasteiger partial charge in [-0.2, -0.15) is 0 Å². The summed E-state index contributed by atoms with van der Waals surface area (Å²) in [4.78, 5) is 13.9. The Morgan fingerprint density at radius 2 is 2.59 bits per heavy atom. The second-order valence-electron chi connectivity index (χ2n) is 4.47. The lowest BCUT2D eigenvalue weighted by Gasteiger charge is -2.30. The van der Waals surface area contributed by atoms with E-state index in [2.05, 4.69) is 27.6 Å². The van der Waals surface area contributed by atoms with Crippen LogP contribution in [0.25, 0.3) is 0 Å². The minimum Gasteiger partial charge on any atom is -0.338 e. The van der Waals surface area contributed by atoms with Crippen LogP contribution >= 0.6 is 0 Å². The Morgan fingerprint density at radius 3 is 3.24 bits per heavy atom. The number of rotatable bonds is 3. The SMILES string of the molecule is Cc1cc(NC(=O)CN2CCN[C@H](C)C2)on1. The van der Waals surface area contributed by atoms with Gasteiger partial charge in [-0.05, 0) is 13.8 Å². The van der Waals surface area contributed by atoms with Gasteiger partial charge in [-0.25, -0.2) is 0 Å². The molecule has 1 aromatic heterocycles. The summed E-state index contributed by atoms with van der Waals surface area (Å²) in [6.45, 7) is 7.04. The fourth-order valence-electron chi connectivity index (χ4n) is 1.96. The van der Waals surface area contributed by atoms with E-state index in [0.717, 1.165) is 25.3 Å². The predicted octanol–water partition coefficient (Wildman–Crippen LogP) is 0.215. The zero-order valence-electron chi connectivity index (χ0n) is 10.2. The third-order valence-electron chi connectivity index (χ3n) is 2.71.